The van der Waals surface area contributed by atoms with E-state index in [1.54, 1.807) is 0 Å². The van der Waals surface area contributed by atoms with E-state index in [1.807, 2.05) is 13.8 Å². The lowest BCUT2D eigenvalue weighted by Crippen LogP contribution is -2.02. The van der Waals surface area contributed by atoms with Crippen molar-refractivity contribution in [1.29, 1.82) is 0 Å². The summed E-state index contributed by atoms with van der Waals surface area (Å²) in [5.41, 5.74) is 0. The lowest BCUT2D eigenvalue weighted by Gasteiger charge is -2.00. The molecule has 10 heavy (non-hydrogen) atoms. The van der Waals surface area contributed by atoms with Crippen LogP contribution in [-0.2, 0) is 9.59 Å². The molecule has 0 rings (SSSR count). The summed E-state index contributed by atoms with van der Waals surface area (Å²) in [6, 6.07) is 0. The van der Waals surface area contributed by atoms with Crippen molar-refractivity contribution >= 4 is 12.1 Å². The van der Waals surface area contributed by atoms with Gasteiger partial charge in [-0.05, 0) is 5.92 Å². The number of hydrogen-bond acceptors (Lipinski definition) is 2. The van der Waals surface area contributed by atoms with Crippen molar-refractivity contribution in [2.24, 2.45) is 5.92 Å². The molecule has 2 nitrogen and oxygen atoms in total. The number of ketones is 1. The van der Waals surface area contributed by atoms with Crippen LogP contribution >= 0.6 is 0 Å². The van der Waals surface area contributed by atoms with Gasteiger partial charge in [0.2, 0.25) is 0 Å². The number of rotatable bonds is 5. The van der Waals surface area contributed by atoms with E-state index in [2.05, 4.69) is 0 Å². The van der Waals surface area contributed by atoms with Crippen LogP contribution in [0, 0.1) is 5.92 Å². The highest BCUT2D eigenvalue weighted by Crippen LogP contribution is 2.03. The molecule has 0 aromatic heterocycles. The number of carbonyl (C=O) groups is 2. The summed E-state index contributed by atoms with van der Waals surface area (Å²) in [7, 11) is 0. The van der Waals surface area contributed by atoms with Gasteiger partial charge in [-0.3, -0.25) is 4.79 Å². The third-order valence-electron chi connectivity index (χ3n) is 1.18. The van der Waals surface area contributed by atoms with Gasteiger partial charge >= 0.3 is 0 Å². The van der Waals surface area contributed by atoms with E-state index in [9.17, 15) is 9.59 Å². The van der Waals surface area contributed by atoms with E-state index in [4.69, 9.17) is 0 Å². The van der Waals surface area contributed by atoms with Crippen molar-refractivity contribution < 1.29 is 9.59 Å². The maximum Gasteiger partial charge on any atom is 0.133 e. The van der Waals surface area contributed by atoms with Crippen molar-refractivity contribution in [3.05, 3.63) is 0 Å². The predicted molar refractivity (Wildman–Crippen MR) is 39.8 cm³/mol. The van der Waals surface area contributed by atoms with Crippen molar-refractivity contribution in [2.75, 3.05) is 0 Å². The Balaban J connectivity index is 3.34. The standard InChI is InChI=1S/C8H14O2/c1-7(2)6-8(10)4-3-5-9/h5,7H,3-4,6H2,1-2H3. The quantitative estimate of drug-likeness (QED) is 0.546. The molecule has 0 aromatic carbocycles. The Morgan fingerprint density at radius 2 is 2.10 bits per heavy atom. The molecule has 0 aliphatic heterocycles. The van der Waals surface area contributed by atoms with Crippen LogP contribution in [0.3, 0.4) is 0 Å². The van der Waals surface area contributed by atoms with E-state index < -0.39 is 0 Å². The van der Waals surface area contributed by atoms with Gasteiger partial charge in [0.05, 0.1) is 0 Å². The Kier molecular flexibility index (Phi) is 4.81. The second-order valence-corrected chi connectivity index (χ2v) is 2.84. The first kappa shape index (κ1) is 9.34. The minimum Gasteiger partial charge on any atom is -0.303 e. The highest BCUT2D eigenvalue weighted by atomic mass is 16.1. The summed E-state index contributed by atoms with van der Waals surface area (Å²) in [5.74, 6) is 0.612. The first-order valence-corrected chi connectivity index (χ1v) is 3.62. The SMILES string of the molecule is CC(C)CC(=O)CCC=O. The van der Waals surface area contributed by atoms with Crippen molar-refractivity contribution in [2.45, 2.75) is 33.1 Å². The van der Waals surface area contributed by atoms with Crippen LogP contribution in [0.1, 0.15) is 33.1 Å². The van der Waals surface area contributed by atoms with Gasteiger partial charge in [0.1, 0.15) is 12.1 Å². The minimum atomic E-state index is 0.196. The summed E-state index contributed by atoms with van der Waals surface area (Å²) < 4.78 is 0. The molecule has 0 spiro atoms. The first-order chi connectivity index (χ1) is 4.66. The molecule has 2 heteroatoms. The first-order valence-electron chi connectivity index (χ1n) is 3.62. The molecule has 0 aliphatic rings. The fourth-order valence-electron chi connectivity index (χ4n) is 0.777. The van der Waals surface area contributed by atoms with Crippen LogP contribution in [0.5, 0.6) is 0 Å². The van der Waals surface area contributed by atoms with E-state index in [0.717, 1.165) is 6.29 Å². The second-order valence-electron chi connectivity index (χ2n) is 2.84. The maximum absolute atomic E-state index is 10.9. The van der Waals surface area contributed by atoms with Gasteiger partial charge in [0.25, 0.3) is 0 Å². The van der Waals surface area contributed by atoms with Gasteiger partial charge in [-0.2, -0.15) is 0 Å². The summed E-state index contributed by atoms with van der Waals surface area (Å²) in [5, 5.41) is 0. The monoisotopic (exact) mass is 142 g/mol. The third-order valence-corrected chi connectivity index (χ3v) is 1.18. The fourth-order valence-corrected chi connectivity index (χ4v) is 0.777. The molecule has 0 radical (unpaired) electrons. The molecule has 0 amide bonds. The normalized spacial score (nSPS) is 9.90. The van der Waals surface area contributed by atoms with Crippen molar-refractivity contribution in [3.63, 3.8) is 0 Å². The Bertz CT molecular complexity index is 116. The zero-order valence-corrected chi connectivity index (χ0v) is 6.59. The molecule has 0 N–H and O–H groups in total. The smallest absolute Gasteiger partial charge is 0.133 e. The Labute approximate surface area is 61.6 Å². The largest absolute Gasteiger partial charge is 0.303 e. The number of carbonyl (C=O) groups excluding carboxylic acids is 2. The predicted octanol–water partition coefficient (Wildman–Crippen LogP) is 1.58. The molecule has 0 saturated carbocycles. The highest BCUT2D eigenvalue weighted by molar-refractivity contribution is 5.80. The zero-order chi connectivity index (χ0) is 7.98. The zero-order valence-electron chi connectivity index (χ0n) is 6.59. The molecule has 0 bridgehead atoms. The topological polar surface area (TPSA) is 34.1 Å². The molecular weight excluding hydrogens is 128 g/mol. The van der Waals surface area contributed by atoms with E-state index in [-0.39, 0.29) is 5.78 Å². The molecular formula is C8H14O2. The Hall–Kier alpha value is -0.660. The molecule has 0 fully saturated rings. The third kappa shape index (κ3) is 5.48. The fraction of sp³-hybridized carbons (Fsp3) is 0.750. The van der Waals surface area contributed by atoms with Gasteiger partial charge in [-0.1, -0.05) is 13.8 Å². The van der Waals surface area contributed by atoms with Crippen molar-refractivity contribution in [1.82, 2.24) is 0 Å². The summed E-state index contributed by atoms with van der Waals surface area (Å²) in [4.78, 5) is 20.7. The summed E-state index contributed by atoms with van der Waals surface area (Å²) in [6.07, 6.45) is 2.19. The lowest BCUT2D eigenvalue weighted by atomic mass is 10.0. The minimum absolute atomic E-state index is 0.196. The molecule has 0 aliphatic carbocycles. The molecule has 0 unspecified atom stereocenters. The molecule has 0 saturated heterocycles. The van der Waals surface area contributed by atoms with Crippen LogP contribution in [0.4, 0.5) is 0 Å². The number of hydrogen-bond donors (Lipinski definition) is 0. The summed E-state index contributed by atoms with van der Waals surface area (Å²) >= 11 is 0. The average Bonchev–Trinajstić information content (AvgIpc) is 1.82. The van der Waals surface area contributed by atoms with E-state index in [0.29, 0.717) is 25.2 Å². The lowest BCUT2D eigenvalue weighted by molar-refractivity contribution is -0.121. The Morgan fingerprint density at radius 1 is 1.50 bits per heavy atom. The van der Waals surface area contributed by atoms with Crippen LogP contribution in [-0.4, -0.2) is 12.1 Å². The van der Waals surface area contributed by atoms with Gasteiger partial charge < -0.3 is 4.79 Å². The molecule has 0 aromatic rings. The molecule has 0 heterocycles. The maximum atomic E-state index is 10.9. The number of Topliss-reactive ketones (excluding diaryl/α,β-unsaturated/α-hetero) is 1. The van der Waals surface area contributed by atoms with Crippen LogP contribution in [0.2, 0.25) is 0 Å². The van der Waals surface area contributed by atoms with Crippen LogP contribution < -0.4 is 0 Å². The van der Waals surface area contributed by atoms with Crippen molar-refractivity contribution in [3.8, 4) is 0 Å². The molecule has 0 atom stereocenters. The van der Waals surface area contributed by atoms with Gasteiger partial charge in [0, 0.05) is 19.3 Å². The van der Waals surface area contributed by atoms with Gasteiger partial charge in [0.15, 0.2) is 0 Å². The highest BCUT2D eigenvalue weighted by Gasteiger charge is 2.03. The van der Waals surface area contributed by atoms with Crippen LogP contribution in [0.25, 0.3) is 0 Å². The summed E-state index contributed by atoms with van der Waals surface area (Å²) in [6.45, 7) is 4.00. The number of aldehydes is 1. The van der Waals surface area contributed by atoms with Gasteiger partial charge in [-0.25, -0.2) is 0 Å². The average molecular weight is 142 g/mol. The molecule has 58 valence electrons. The second kappa shape index (κ2) is 5.15. The van der Waals surface area contributed by atoms with E-state index >= 15 is 0 Å². The Morgan fingerprint density at radius 3 is 2.50 bits per heavy atom. The van der Waals surface area contributed by atoms with E-state index in [1.165, 1.54) is 0 Å². The van der Waals surface area contributed by atoms with Gasteiger partial charge in [-0.15, -0.1) is 0 Å². The van der Waals surface area contributed by atoms with Crippen LogP contribution in [0.15, 0.2) is 0 Å².